The van der Waals surface area contributed by atoms with Gasteiger partial charge in [0, 0.05) is 23.9 Å². The number of benzene rings is 2. The van der Waals surface area contributed by atoms with Gasteiger partial charge in [-0.3, -0.25) is 4.98 Å². The molecule has 0 aliphatic rings. The van der Waals surface area contributed by atoms with E-state index < -0.39 is 0 Å². The van der Waals surface area contributed by atoms with Crippen LogP contribution >= 0.6 is 0 Å². The quantitative estimate of drug-likeness (QED) is 0.753. The van der Waals surface area contributed by atoms with Gasteiger partial charge in [-0.2, -0.15) is 0 Å². The molecule has 0 atom stereocenters. The van der Waals surface area contributed by atoms with Crippen molar-refractivity contribution in [1.29, 1.82) is 0 Å². The molecule has 0 saturated carbocycles. The highest BCUT2D eigenvalue weighted by Gasteiger charge is 2.07. The minimum absolute atomic E-state index is 0.907. The van der Waals surface area contributed by atoms with Crippen molar-refractivity contribution in [1.82, 2.24) is 9.97 Å². The standard InChI is InChI=1S/C16H15N3/c1-11-13(17-2)8-9-14-16(11)19-15(10-18-14)12-6-4-3-5-7-12/h3-10,17H,1-2H3. The van der Waals surface area contributed by atoms with E-state index in [1.165, 1.54) is 0 Å². The number of nitrogens with zero attached hydrogens (tertiary/aromatic N) is 2. The Hall–Kier alpha value is -2.42. The van der Waals surface area contributed by atoms with Gasteiger partial charge < -0.3 is 5.32 Å². The lowest BCUT2D eigenvalue weighted by Gasteiger charge is -2.09. The average molecular weight is 249 g/mol. The van der Waals surface area contributed by atoms with E-state index in [1.807, 2.05) is 55.7 Å². The van der Waals surface area contributed by atoms with E-state index in [1.54, 1.807) is 0 Å². The van der Waals surface area contributed by atoms with Crippen molar-refractivity contribution in [2.24, 2.45) is 0 Å². The minimum Gasteiger partial charge on any atom is -0.388 e. The third-order valence-corrected chi connectivity index (χ3v) is 3.31. The highest BCUT2D eigenvalue weighted by atomic mass is 14.8. The summed E-state index contributed by atoms with van der Waals surface area (Å²) in [7, 11) is 1.92. The van der Waals surface area contributed by atoms with Gasteiger partial charge in [-0.25, -0.2) is 4.98 Å². The minimum atomic E-state index is 0.907. The fourth-order valence-corrected chi connectivity index (χ4v) is 2.23. The normalized spacial score (nSPS) is 10.6. The second-order valence-corrected chi connectivity index (χ2v) is 4.48. The van der Waals surface area contributed by atoms with Gasteiger partial charge in [-0.15, -0.1) is 0 Å². The maximum Gasteiger partial charge on any atom is 0.0944 e. The number of hydrogen-bond donors (Lipinski definition) is 1. The van der Waals surface area contributed by atoms with Crippen molar-refractivity contribution in [3.8, 4) is 11.3 Å². The summed E-state index contributed by atoms with van der Waals surface area (Å²) in [5.41, 5.74) is 6.09. The first-order valence-electron chi connectivity index (χ1n) is 6.29. The summed E-state index contributed by atoms with van der Waals surface area (Å²) in [5.74, 6) is 0. The zero-order valence-electron chi connectivity index (χ0n) is 11.0. The molecule has 0 aliphatic carbocycles. The number of anilines is 1. The SMILES string of the molecule is CNc1ccc2ncc(-c3ccccc3)nc2c1C. The van der Waals surface area contributed by atoms with Gasteiger partial charge in [-0.05, 0) is 19.1 Å². The Kier molecular flexibility index (Phi) is 2.88. The maximum atomic E-state index is 4.75. The van der Waals surface area contributed by atoms with Crippen LogP contribution in [-0.2, 0) is 0 Å². The van der Waals surface area contributed by atoms with Crippen molar-refractivity contribution in [3.63, 3.8) is 0 Å². The molecule has 1 heterocycles. The van der Waals surface area contributed by atoms with Crippen LogP contribution in [0.2, 0.25) is 0 Å². The molecule has 1 N–H and O–H groups in total. The lowest BCUT2D eigenvalue weighted by atomic mass is 10.1. The number of hydrogen-bond acceptors (Lipinski definition) is 3. The first kappa shape index (κ1) is 11.7. The lowest BCUT2D eigenvalue weighted by Crippen LogP contribution is -1.96. The van der Waals surface area contributed by atoms with Crippen LogP contribution in [0.1, 0.15) is 5.56 Å². The van der Waals surface area contributed by atoms with E-state index in [-0.39, 0.29) is 0 Å². The van der Waals surface area contributed by atoms with Gasteiger partial charge >= 0.3 is 0 Å². The Morgan fingerprint density at radius 3 is 2.53 bits per heavy atom. The lowest BCUT2D eigenvalue weighted by molar-refractivity contribution is 1.27. The summed E-state index contributed by atoms with van der Waals surface area (Å²) in [5, 5.41) is 3.18. The van der Waals surface area contributed by atoms with Crippen LogP contribution in [0, 0.1) is 6.92 Å². The molecule has 3 heteroatoms. The van der Waals surface area contributed by atoms with Crippen LogP contribution in [0.25, 0.3) is 22.3 Å². The third-order valence-electron chi connectivity index (χ3n) is 3.31. The Balaban J connectivity index is 2.22. The summed E-state index contributed by atoms with van der Waals surface area (Å²) < 4.78 is 0. The summed E-state index contributed by atoms with van der Waals surface area (Å²) in [6.45, 7) is 2.07. The Morgan fingerprint density at radius 1 is 1.00 bits per heavy atom. The van der Waals surface area contributed by atoms with Gasteiger partial charge in [0.25, 0.3) is 0 Å². The van der Waals surface area contributed by atoms with E-state index in [0.717, 1.165) is 33.5 Å². The first-order valence-corrected chi connectivity index (χ1v) is 6.29. The molecule has 94 valence electrons. The van der Waals surface area contributed by atoms with Crippen molar-refractivity contribution in [2.75, 3.05) is 12.4 Å². The fourth-order valence-electron chi connectivity index (χ4n) is 2.23. The molecule has 0 bridgehead atoms. The van der Waals surface area contributed by atoms with Crippen molar-refractivity contribution < 1.29 is 0 Å². The fraction of sp³-hybridized carbons (Fsp3) is 0.125. The predicted octanol–water partition coefficient (Wildman–Crippen LogP) is 3.65. The second kappa shape index (κ2) is 4.69. The molecule has 0 aliphatic heterocycles. The van der Waals surface area contributed by atoms with Crippen LogP contribution in [-0.4, -0.2) is 17.0 Å². The number of nitrogens with one attached hydrogen (secondary N) is 1. The number of fused-ring (bicyclic) bond motifs is 1. The zero-order chi connectivity index (χ0) is 13.2. The molecule has 3 rings (SSSR count). The molecule has 1 aromatic heterocycles. The molecule has 0 spiro atoms. The molecule has 0 saturated heterocycles. The molecule has 3 aromatic rings. The van der Waals surface area contributed by atoms with E-state index >= 15 is 0 Å². The summed E-state index contributed by atoms with van der Waals surface area (Å²) in [4.78, 5) is 9.25. The number of aromatic nitrogens is 2. The van der Waals surface area contributed by atoms with E-state index in [2.05, 4.69) is 17.2 Å². The largest absolute Gasteiger partial charge is 0.388 e. The average Bonchev–Trinajstić information content (AvgIpc) is 2.48. The highest BCUT2D eigenvalue weighted by Crippen LogP contribution is 2.25. The van der Waals surface area contributed by atoms with Crippen molar-refractivity contribution in [2.45, 2.75) is 6.92 Å². The number of aryl methyl sites for hydroxylation is 1. The summed E-state index contributed by atoms with van der Waals surface area (Å²) >= 11 is 0. The molecular formula is C16H15N3. The molecular weight excluding hydrogens is 234 g/mol. The number of rotatable bonds is 2. The molecule has 0 amide bonds. The summed E-state index contributed by atoms with van der Waals surface area (Å²) in [6.07, 6.45) is 1.83. The smallest absolute Gasteiger partial charge is 0.0944 e. The van der Waals surface area contributed by atoms with Gasteiger partial charge in [0.2, 0.25) is 0 Å². The van der Waals surface area contributed by atoms with Gasteiger partial charge in [-0.1, -0.05) is 30.3 Å². The summed E-state index contributed by atoms with van der Waals surface area (Å²) in [6, 6.07) is 14.2. The van der Waals surface area contributed by atoms with Gasteiger partial charge in [0.15, 0.2) is 0 Å². The first-order chi connectivity index (χ1) is 9.29. The Labute approximate surface area is 112 Å². The molecule has 3 nitrogen and oxygen atoms in total. The van der Waals surface area contributed by atoms with Crippen LogP contribution in [0.15, 0.2) is 48.7 Å². The Morgan fingerprint density at radius 2 is 1.79 bits per heavy atom. The van der Waals surface area contributed by atoms with Crippen LogP contribution in [0.5, 0.6) is 0 Å². The van der Waals surface area contributed by atoms with E-state index in [9.17, 15) is 0 Å². The molecule has 0 unspecified atom stereocenters. The van der Waals surface area contributed by atoms with Crippen molar-refractivity contribution in [3.05, 3.63) is 54.2 Å². The monoisotopic (exact) mass is 249 g/mol. The topological polar surface area (TPSA) is 37.8 Å². The van der Waals surface area contributed by atoms with Crippen LogP contribution in [0.4, 0.5) is 5.69 Å². The van der Waals surface area contributed by atoms with Gasteiger partial charge in [0.1, 0.15) is 0 Å². The third kappa shape index (κ3) is 2.03. The molecule has 2 aromatic carbocycles. The van der Waals surface area contributed by atoms with Crippen LogP contribution < -0.4 is 5.32 Å². The molecule has 0 radical (unpaired) electrons. The van der Waals surface area contributed by atoms with Crippen molar-refractivity contribution >= 4 is 16.7 Å². The zero-order valence-corrected chi connectivity index (χ0v) is 11.0. The highest BCUT2D eigenvalue weighted by molar-refractivity contribution is 5.85. The van der Waals surface area contributed by atoms with Gasteiger partial charge in [0.05, 0.1) is 22.9 Å². The van der Waals surface area contributed by atoms with E-state index in [0.29, 0.717) is 0 Å². The molecule has 0 fully saturated rings. The molecule has 19 heavy (non-hydrogen) atoms. The Bertz CT molecular complexity index is 721. The van der Waals surface area contributed by atoms with E-state index in [4.69, 9.17) is 4.98 Å². The van der Waals surface area contributed by atoms with Crippen LogP contribution in [0.3, 0.4) is 0 Å². The second-order valence-electron chi connectivity index (χ2n) is 4.48. The predicted molar refractivity (Wildman–Crippen MR) is 79.3 cm³/mol. The maximum absolute atomic E-state index is 4.75.